The van der Waals surface area contributed by atoms with Gasteiger partial charge in [0.2, 0.25) is 0 Å². The van der Waals surface area contributed by atoms with Crippen molar-refractivity contribution in [3.63, 3.8) is 0 Å². The molecule has 0 saturated carbocycles. The van der Waals surface area contributed by atoms with Crippen LogP contribution in [0.4, 0.5) is 5.69 Å². The van der Waals surface area contributed by atoms with Crippen LogP contribution in [0.2, 0.25) is 5.02 Å². The molecule has 0 radical (unpaired) electrons. The highest BCUT2D eigenvalue weighted by Gasteiger charge is 2.25. The summed E-state index contributed by atoms with van der Waals surface area (Å²) in [5.41, 5.74) is 0.477. The number of anilines is 1. The number of methoxy groups -OCH3 is 1. The molecule has 0 aromatic heterocycles. The zero-order valence-corrected chi connectivity index (χ0v) is 20.6. The van der Waals surface area contributed by atoms with Gasteiger partial charge in [-0.25, -0.2) is 8.42 Å². The molecule has 8 nitrogen and oxygen atoms in total. The number of nitrogens with zero attached hydrogens (tertiary/aromatic N) is 1. The zero-order valence-electron chi connectivity index (χ0n) is 19.0. The Morgan fingerprint density at radius 1 is 1.18 bits per heavy atom. The topological polar surface area (TPSA) is 97.0 Å². The van der Waals surface area contributed by atoms with Crippen LogP contribution in [0.3, 0.4) is 0 Å². The molecule has 2 N–H and O–H groups in total. The van der Waals surface area contributed by atoms with E-state index in [9.17, 15) is 13.2 Å². The Balaban J connectivity index is 1.73. The second kappa shape index (κ2) is 11.2. The monoisotopic (exact) mass is 495 g/mol. The average Bonchev–Trinajstić information content (AvgIpc) is 2.79. The molecule has 1 heterocycles. The highest BCUT2D eigenvalue weighted by Crippen LogP contribution is 2.30. The first kappa shape index (κ1) is 25.3. The molecule has 1 aliphatic heterocycles. The third-order valence-corrected chi connectivity index (χ3v) is 7.17. The quantitative estimate of drug-likeness (QED) is 0.554. The highest BCUT2D eigenvalue weighted by atomic mass is 35.5. The number of hydrogen-bond acceptors (Lipinski definition) is 6. The van der Waals surface area contributed by atoms with Crippen molar-refractivity contribution in [2.75, 3.05) is 44.7 Å². The SMILES string of the molecule is COc1ccc(Cl)cc1NS(=O)(=O)c1cccc(C(=O)NC[C@H](C(C)C)N2CCOCC2)c1. The van der Waals surface area contributed by atoms with Crippen molar-refractivity contribution >= 4 is 33.2 Å². The number of rotatable bonds is 9. The van der Waals surface area contributed by atoms with Crippen LogP contribution in [0.5, 0.6) is 5.75 Å². The van der Waals surface area contributed by atoms with E-state index in [1.54, 1.807) is 24.3 Å². The third kappa shape index (κ3) is 6.60. The summed E-state index contributed by atoms with van der Waals surface area (Å²) >= 11 is 6.00. The van der Waals surface area contributed by atoms with Crippen molar-refractivity contribution in [1.29, 1.82) is 0 Å². The van der Waals surface area contributed by atoms with Crippen LogP contribution in [-0.2, 0) is 14.8 Å². The van der Waals surface area contributed by atoms with Gasteiger partial charge in [0.05, 0.1) is 30.9 Å². The number of carbonyl (C=O) groups excluding carboxylic acids is 1. The van der Waals surface area contributed by atoms with Crippen molar-refractivity contribution in [3.05, 3.63) is 53.1 Å². The van der Waals surface area contributed by atoms with Gasteiger partial charge in [-0.2, -0.15) is 0 Å². The van der Waals surface area contributed by atoms with Crippen LogP contribution in [0.1, 0.15) is 24.2 Å². The summed E-state index contributed by atoms with van der Waals surface area (Å²) in [6.45, 7) is 7.72. The number of carbonyl (C=O) groups is 1. The molecule has 2 aromatic carbocycles. The molecule has 33 heavy (non-hydrogen) atoms. The van der Waals surface area contributed by atoms with Gasteiger partial charge in [0, 0.05) is 36.3 Å². The van der Waals surface area contributed by atoms with E-state index in [0.29, 0.717) is 36.4 Å². The molecule has 1 amide bonds. The van der Waals surface area contributed by atoms with E-state index < -0.39 is 10.0 Å². The zero-order chi connectivity index (χ0) is 24.0. The first-order valence-corrected chi connectivity index (χ1v) is 12.6. The molecule has 3 rings (SSSR count). The third-order valence-electron chi connectivity index (χ3n) is 5.57. The summed E-state index contributed by atoms with van der Waals surface area (Å²) in [5, 5.41) is 3.32. The number of hydrogen-bond donors (Lipinski definition) is 2. The molecule has 0 spiro atoms. The largest absolute Gasteiger partial charge is 0.495 e. The minimum absolute atomic E-state index is 0.0363. The van der Waals surface area contributed by atoms with Crippen LogP contribution >= 0.6 is 11.6 Å². The molecule has 2 aromatic rings. The van der Waals surface area contributed by atoms with Crippen LogP contribution in [0.25, 0.3) is 0 Å². The van der Waals surface area contributed by atoms with Crippen molar-refractivity contribution in [3.8, 4) is 5.75 Å². The van der Waals surface area contributed by atoms with E-state index in [-0.39, 0.29) is 28.1 Å². The predicted molar refractivity (Wildman–Crippen MR) is 129 cm³/mol. The molecule has 0 bridgehead atoms. The first-order valence-electron chi connectivity index (χ1n) is 10.8. The van der Waals surface area contributed by atoms with Crippen LogP contribution in [0.15, 0.2) is 47.4 Å². The van der Waals surface area contributed by atoms with Gasteiger partial charge in [-0.3, -0.25) is 14.4 Å². The fourth-order valence-corrected chi connectivity index (χ4v) is 5.04. The van der Waals surface area contributed by atoms with Gasteiger partial charge in [0.15, 0.2) is 0 Å². The van der Waals surface area contributed by atoms with Crippen LogP contribution < -0.4 is 14.8 Å². The first-order chi connectivity index (χ1) is 15.7. The minimum atomic E-state index is -3.97. The number of benzene rings is 2. The van der Waals surface area contributed by atoms with Gasteiger partial charge < -0.3 is 14.8 Å². The molecular weight excluding hydrogens is 466 g/mol. The fraction of sp³-hybridized carbons (Fsp3) is 0.435. The van der Waals surface area contributed by atoms with Gasteiger partial charge in [-0.1, -0.05) is 31.5 Å². The maximum Gasteiger partial charge on any atom is 0.262 e. The van der Waals surface area contributed by atoms with E-state index in [1.807, 2.05) is 0 Å². The molecule has 180 valence electrons. The minimum Gasteiger partial charge on any atom is -0.495 e. The Morgan fingerprint density at radius 2 is 1.91 bits per heavy atom. The Bertz CT molecular complexity index is 1070. The van der Waals surface area contributed by atoms with Gasteiger partial charge in [0.1, 0.15) is 5.75 Å². The lowest BCUT2D eigenvalue weighted by Gasteiger charge is -2.36. The molecule has 1 atom stereocenters. The number of halogens is 1. The maximum atomic E-state index is 13.0. The maximum absolute atomic E-state index is 13.0. The molecule has 1 saturated heterocycles. The Kier molecular flexibility index (Phi) is 8.58. The lowest BCUT2D eigenvalue weighted by atomic mass is 10.0. The molecule has 1 aliphatic rings. The normalized spacial score (nSPS) is 15.8. The summed E-state index contributed by atoms with van der Waals surface area (Å²) in [6, 6.07) is 10.7. The lowest BCUT2D eigenvalue weighted by Crippen LogP contribution is -2.51. The molecule has 0 unspecified atom stereocenters. The van der Waals surface area contributed by atoms with E-state index in [2.05, 4.69) is 28.8 Å². The van der Waals surface area contributed by atoms with E-state index >= 15 is 0 Å². The van der Waals surface area contributed by atoms with Crippen molar-refractivity contribution < 1.29 is 22.7 Å². The standard InChI is InChI=1S/C23H30ClN3O5S/c1-16(2)21(27-9-11-32-12-10-27)15-25-23(28)17-5-4-6-19(13-17)33(29,30)26-20-14-18(24)7-8-22(20)31-3/h4-8,13-14,16,21,26H,9-12,15H2,1-3H3,(H,25,28)/t21-/m1/s1. The second-order valence-corrected chi connectivity index (χ2v) is 10.3. The predicted octanol–water partition coefficient (Wildman–Crippen LogP) is 3.24. The Labute approximate surface area is 200 Å². The smallest absolute Gasteiger partial charge is 0.262 e. The van der Waals surface area contributed by atoms with Crippen LogP contribution in [0, 0.1) is 5.92 Å². The number of sulfonamides is 1. The van der Waals surface area contributed by atoms with Gasteiger partial charge in [-0.05, 0) is 42.3 Å². The molecular formula is C23H30ClN3O5S. The number of nitrogens with one attached hydrogen (secondary N) is 2. The van der Waals surface area contributed by atoms with Gasteiger partial charge in [-0.15, -0.1) is 0 Å². The molecule has 10 heteroatoms. The summed E-state index contributed by atoms with van der Waals surface area (Å²) in [7, 11) is -2.53. The van der Waals surface area contributed by atoms with E-state index in [0.717, 1.165) is 13.1 Å². The Morgan fingerprint density at radius 3 is 2.58 bits per heavy atom. The van der Waals surface area contributed by atoms with E-state index in [4.69, 9.17) is 21.1 Å². The van der Waals surface area contributed by atoms with Crippen molar-refractivity contribution in [1.82, 2.24) is 10.2 Å². The van der Waals surface area contributed by atoms with E-state index in [1.165, 1.54) is 25.3 Å². The lowest BCUT2D eigenvalue weighted by molar-refractivity contribution is 0.00672. The van der Waals surface area contributed by atoms with Crippen molar-refractivity contribution in [2.24, 2.45) is 5.92 Å². The summed E-state index contributed by atoms with van der Waals surface area (Å²) in [4.78, 5) is 15.1. The summed E-state index contributed by atoms with van der Waals surface area (Å²) in [6.07, 6.45) is 0. The van der Waals surface area contributed by atoms with Crippen molar-refractivity contribution in [2.45, 2.75) is 24.8 Å². The molecule has 0 aliphatic carbocycles. The highest BCUT2D eigenvalue weighted by molar-refractivity contribution is 7.92. The summed E-state index contributed by atoms with van der Waals surface area (Å²) < 4.78 is 39.0. The Hall–Kier alpha value is -2.33. The van der Waals surface area contributed by atoms with Crippen LogP contribution in [-0.4, -0.2) is 65.2 Å². The second-order valence-electron chi connectivity index (χ2n) is 8.15. The number of amides is 1. The number of ether oxygens (including phenoxy) is 2. The average molecular weight is 496 g/mol. The fourth-order valence-electron chi connectivity index (χ4n) is 3.76. The number of morpholine rings is 1. The van der Waals surface area contributed by atoms with Gasteiger partial charge >= 0.3 is 0 Å². The molecule has 1 fully saturated rings. The van der Waals surface area contributed by atoms with Gasteiger partial charge in [0.25, 0.3) is 15.9 Å². The summed E-state index contributed by atoms with van der Waals surface area (Å²) in [5.74, 6) is 0.345.